The molecule has 4 N–H and O–H groups in total. The zero-order valence-corrected chi connectivity index (χ0v) is 23.8. The molecule has 1 aliphatic rings. The molecule has 0 spiro atoms. The van der Waals surface area contributed by atoms with E-state index < -0.39 is 23.8 Å². The van der Waals surface area contributed by atoms with Gasteiger partial charge in [0.1, 0.15) is 18.5 Å². The van der Waals surface area contributed by atoms with Crippen molar-refractivity contribution in [2.45, 2.75) is 31.3 Å². The summed E-state index contributed by atoms with van der Waals surface area (Å²) in [7, 11) is 0. The van der Waals surface area contributed by atoms with Crippen LogP contribution in [0.3, 0.4) is 0 Å². The summed E-state index contributed by atoms with van der Waals surface area (Å²) in [4.78, 5) is 23.7. The second-order valence-electron chi connectivity index (χ2n) is 9.10. The molecule has 2 unspecified atom stereocenters. The molecule has 0 bridgehead atoms. The summed E-state index contributed by atoms with van der Waals surface area (Å²) in [6, 6.07) is 12.4. The lowest BCUT2D eigenvalue weighted by molar-refractivity contribution is -0.194. The van der Waals surface area contributed by atoms with Gasteiger partial charge in [-0.25, -0.2) is 9.59 Å². The van der Waals surface area contributed by atoms with Gasteiger partial charge >= 0.3 is 17.7 Å². The number of aliphatic carboxylic acids is 2. The molecule has 3 aromatic rings. The van der Waals surface area contributed by atoms with Gasteiger partial charge in [0, 0.05) is 38.2 Å². The SMILES string of the molecule is CC(Cc1ccc2c(c1-c1cc(Cl)cc(Cl)c1)OC(C(=O)O)(C(=O)O)O2)NCC(O)COc1cc(Cl)cc(Cl)c1. The highest BCUT2D eigenvalue weighted by molar-refractivity contribution is 6.35. The molecule has 0 saturated carbocycles. The van der Waals surface area contributed by atoms with Crippen LogP contribution in [0.5, 0.6) is 17.2 Å². The molecule has 3 aromatic carbocycles. The Balaban J connectivity index is 1.54. The molecule has 0 amide bonds. The predicted octanol–water partition coefficient (Wildman–Crippen LogP) is 5.56. The Morgan fingerprint density at radius 3 is 2.08 bits per heavy atom. The first-order valence-electron chi connectivity index (χ1n) is 11.9. The maximum Gasteiger partial charge on any atom is 0.453 e. The number of halogens is 4. The molecule has 1 aliphatic heterocycles. The number of benzene rings is 3. The number of hydrogen-bond acceptors (Lipinski definition) is 7. The zero-order chi connectivity index (χ0) is 29.2. The van der Waals surface area contributed by atoms with Gasteiger partial charge in [-0.1, -0.05) is 52.5 Å². The molecular weight excluding hydrogens is 608 g/mol. The van der Waals surface area contributed by atoms with Gasteiger partial charge in [-0.15, -0.1) is 0 Å². The summed E-state index contributed by atoms with van der Waals surface area (Å²) in [6.07, 6.45) is -0.504. The number of carbonyl (C=O) groups is 2. The minimum atomic E-state index is -2.95. The molecule has 1 heterocycles. The summed E-state index contributed by atoms with van der Waals surface area (Å²) in [5, 5.41) is 34.3. The summed E-state index contributed by atoms with van der Waals surface area (Å²) in [5.41, 5.74) is 1.51. The number of carboxylic acid groups (broad SMARTS) is 2. The van der Waals surface area contributed by atoms with Gasteiger partial charge in [-0.2, -0.15) is 0 Å². The molecule has 40 heavy (non-hydrogen) atoms. The van der Waals surface area contributed by atoms with E-state index in [0.717, 1.165) is 0 Å². The van der Waals surface area contributed by atoms with Crippen LogP contribution in [0.1, 0.15) is 12.5 Å². The van der Waals surface area contributed by atoms with Crippen molar-refractivity contribution in [2.75, 3.05) is 13.2 Å². The highest BCUT2D eigenvalue weighted by Gasteiger charge is 2.58. The number of ether oxygens (including phenoxy) is 3. The molecule has 0 radical (unpaired) electrons. The Kier molecular flexibility index (Phi) is 9.24. The minimum absolute atomic E-state index is 0.0147. The van der Waals surface area contributed by atoms with E-state index in [9.17, 15) is 24.9 Å². The molecule has 0 saturated heterocycles. The third-order valence-corrected chi connectivity index (χ3v) is 6.80. The van der Waals surface area contributed by atoms with Crippen LogP contribution < -0.4 is 19.5 Å². The van der Waals surface area contributed by atoms with E-state index in [1.807, 2.05) is 6.92 Å². The van der Waals surface area contributed by atoms with Gasteiger partial charge in [0.05, 0.1) is 0 Å². The molecule has 9 nitrogen and oxygen atoms in total. The Bertz CT molecular complexity index is 1400. The maximum absolute atomic E-state index is 11.8. The van der Waals surface area contributed by atoms with Gasteiger partial charge in [-0.05, 0) is 66.9 Å². The summed E-state index contributed by atoms with van der Waals surface area (Å²) in [5.74, 6) is -6.29. The van der Waals surface area contributed by atoms with E-state index in [0.29, 0.717) is 49.0 Å². The summed E-state index contributed by atoms with van der Waals surface area (Å²) < 4.78 is 16.4. The van der Waals surface area contributed by atoms with Crippen LogP contribution in [0.4, 0.5) is 0 Å². The number of aliphatic hydroxyl groups excluding tert-OH is 1. The lowest BCUT2D eigenvalue weighted by atomic mass is 9.94. The minimum Gasteiger partial charge on any atom is -0.491 e. The first kappa shape index (κ1) is 30.0. The van der Waals surface area contributed by atoms with Crippen LogP contribution in [-0.2, 0) is 16.0 Å². The van der Waals surface area contributed by atoms with Crippen LogP contribution >= 0.6 is 46.4 Å². The fourth-order valence-electron chi connectivity index (χ4n) is 4.16. The number of hydrogen-bond donors (Lipinski definition) is 4. The largest absolute Gasteiger partial charge is 0.491 e. The molecule has 13 heteroatoms. The summed E-state index contributed by atoms with van der Waals surface area (Å²) in [6.45, 7) is 2.04. The smallest absolute Gasteiger partial charge is 0.453 e. The molecule has 2 atom stereocenters. The Morgan fingerprint density at radius 1 is 0.925 bits per heavy atom. The van der Waals surface area contributed by atoms with E-state index in [2.05, 4.69) is 5.32 Å². The van der Waals surface area contributed by atoms with Gasteiger partial charge in [-0.3, -0.25) is 0 Å². The average Bonchev–Trinajstić information content (AvgIpc) is 3.26. The van der Waals surface area contributed by atoms with E-state index in [-0.39, 0.29) is 30.7 Å². The predicted molar refractivity (Wildman–Crippen MR) is 150 cm³/mol. The van der Waals surface area contributed by atoms with Crippen LogP contribution in [0.15, 0.2) is 48.5 Å². The molecule has 0 fully saturated rings. The molecule has 0 aliphatic carbocycles. The molecular formula is C27H23Cl4NO8. The number of rotatable bonds is 11. The Labute approximate surface area is 249 Å². The number of nitrogens with one attached hydrogen (secondary N) is 1. The third-order valence-electron chi connectivity index (χ3n) is 5.93. The van der Waals surface area contributed by atoms with Crippen molar-refractivity contribution in [3.8, 4) is 28.4 Å². The van der Waals surface area contributed by atoms with Crippen molar-refractivity contribution < 1.29 is 39.1 Å². The van der Waals surface area contributed by atoms with Gasteiger partial charge in [0.2, 0.25) is 0 Å². The van der Waals surface area contributed by atoms with E-state index in [1.54, 1.807) is 36.4 Å². The normalized spacial score (nSPS) is 14.9. The van der Waals surface area contributed by atoms with Crippen LogP contribution in [0.25, 0.3) is 11.1 Å². The third kappa shape index (κ3) is 6.68. The summed E-state index contributed by atoms with van der Waals surface area (Å²) >= 11 is 24.4. The number of fused-ring (bicyclic) bond motifs is 1. The van der Waals surface area contributed by atoms with E-state index in [4.69, 9.17) is 60.6 Å². The highest BCUT2D eigenvalue weighted by Crippen LogP contribution is 2.49. The lowest BCUT2D eigenvalue weighted by Crippen LogP contribution is -2.54. The van der Waals surface area contributed by atoms with Crippen molar-refractivity contribution in [1.82, 2.24) is 5.32 Å². The van der Waals surface area contributed by atoms with Gasteiger partial charge in [0.25, 0.3) is 0 Å². The molecule has 4 rings (SSSR count). The fraction of sp³-hybridized carbons (Fsp3) is 0.259. The van der Waals surface area contributed by atoms with Crippen molar-refractivity contribution in [2.24, 2.45) is 0 Å². The van der Waals surface area contributed by atoms with E-state index >= 15 is 0 Å². The quantitative estimate of drug-likeness (QED) is 0.201. The van der Waals surface area contributed by atoms with Crippen molar-refractivity contribution in [1.29, 1.82) is 0 Å². The van der Waals surface area contributed by atoms with Crippen LogP contribution in [-0.4, -0.2) is 58.3 Å². The first-order valence-corrected chi connectivity index (χ1v) is 13.4. The lowest BCUT2D eigenvalue weighted by Gasteiger charge is -2.20. The second-order valence-corrected chi connectivity index (χ2v) is 10.8. The standard InChI is InChI=1S/C27H23Cl4NO8/c1-13(32-11-20(33)12-38-21-9-18(30)8-19(31)10-21)4-14-2-3-22-24(40-27(39-22,25(34)35)26(36)37)23(14)15-5-16(28)7-17(29)6-15/h2-3,5-10,13,20,32-33H,4,11-12H2,1H3,(H,34,35)(H,36,37). The first-order chi connectivity index (χ1) is 18.9. The number of carboxylic acids is 2. The topological polar surface area (TPSA) is 135 Å². The van der Waals surface area contributed by atoms with Gasteiger partial charge in [0.15, 0.2) is 11.5 Å². The van der Waals surface area contributed by atoms with Crippen molar-refractivity contribution >= 4 is 58.3 Å². The molecule has 212 valence electrons. The van der Waals surface area contributed by atoms with Crippen molar-refractivity contribution in [3.63, 3.8) is 0 Å². The number of aliphatic hydroxyl groups is 1. The second kappa shape index (κ2) is 12.3. The van der Waals surface area contributed by atoms with Gasteiger partial charge < -0.3 is 34.8 Å². The molecule has 0 aromatic heterocycles. The average molecular weight is 631 g/mol. The van der Waals surface area contributed by atoms with Crippen LogP contribution in [0.2, 0.25) is 20.1 Å². The Morgan fingerprint density at radius 2 is 1.50 bits per heavy atom. The Hall–Kier alpha value is -2.92. The van der Waals surface area contributed by atoms with E-state index in [1.165, 1.54) is 12.1 Å². The van der Waals surface area contributed by atoms with Crippen molar-refractivity contribution in [3.05, 3.63) is 74.2 Å². The zero-order valence-electron chi connectivity index (χ0n) is 20.8. The highest BCUT2D eigenvalue weighted by atomic mass is 35.5. The van der Waals surface area contributed by atoms with Crippen LogP contribution in [0, 0.1) is 0 Å². The maximum atomic E-state index is 11.8. The fourth-order valence-corrected chi connectivity index (χ4v) is 5.19. The monoisotopic (exact) mass is 629 g/mol.